The van der Waals surface area contributed by atoms with Gasteiger partial charge in [0.05, 0.1) is 16.8 Å². The van der Waals surface area contributed by atoms with E-state index < -0.39 is 0 Å². The first-order valence-corrected chi connectivity index (χ1v) is 10.7. The van der Waals surface area contributed by atoms with Crippen LogP contribution in [0.3, 0.4) is 0 Å². The fourth-order valence-corrected chi connectivity index (χ4v) is 5.95. The number of nitrogens with zero attached hydrogens (tertiary/aromatic N) is 5. The molecule has 0 saturated carbocycles. The van der Waals surface area contributed by atoms with Crippen LogP contribution in [0, 0.1) is 0 Å². The highest BCUT2D eigenvalue weighted by molar-refractivity contribution is 9.13. The Bertz CT molecular complexity index is 946. The minimum Gasteiger partial charge on any atom is -0.267 e. The molecule has 24 heavy (non-hydrogen) atoms. The fraction of sp³-hybridized carbons (Fsp3) is 0. The van der Waals surface area contributed by atoms with Crippen molar-refractivity contribution in [2.45, 2.75) is 9.50 Å². The normalized spacial score (nSPS) is 11.1. The van der Waals surface area contributed by atoms with Gasteiger partial charge in [0.15, 0.2) is 10.2 Å². The molecule has 120 valence electrons. The molecule has 0 bridgehead atoms. The topological polar surface area (TPSA) is 56.5 Å². The second-order valence-corrected chi connectivity index (χ2v) is 9.71. The number of hydrogen-bond acceptors (Lipinski definition) is 7. The van der Waals surface area contributed by atoms with Gasteiger partial charge >= 0.3 is 0 Å². The first-order valence-electron chi connectivity index (χ1n) is 6.62. The number of halogens is 2. The quantitative estimate of drug-likeness (QED) is 0.369. The van der Waals surface area contributed by atoms with Crippen LogP contribution < -0.4 is 0 Å². The summed E-state index contributed by atoms with van der Waals surface area (Å²) in [6, 6.07) is 7.93. The van der Waals surface area contributed by atoms with Crippen molar-refractivity contribution in [1.82, 2.24) is 24.7 Å². The summed E-state index contributed by atoms with van der Waals surface area (Å²) in [5, 5.41) is 11.5. The van der Waals surface area contributed by atoms with Gasteiger partial charge in [-0.25, -0.2) is 4.98 Å². The van der Waals surface area contributed by atoms with E-state index in [9.17, 15) is 0 Å². The van der Waals surface area contributed by atoms with Gasteiger partial charge in [-0.3, -0.25) is 9.55 Å². The fourth-order valence-electron chi connectivity index (χ4n) is 2.01. The van der Waals surface area contributed by atoms with Gasteiger partial charge in [0.25, 0.3) is 0 Å². The highest BCUT2D eigenvalue weighted by Crippen LogP contribution is 2.39. The third-order valence-corrected chi connectivity index (χ3v) is 7.93. The number of aromatic nitrogens is 5. The van der Waals surface area contributed by atoms with Crippen molar-refractivity contribution in [2.24, 2.45) is 0 Å². The smallest absolute Gasteiger partial charge is 0.203 e. The van der Waals surface area contributed by atoms with Crippen molar-refractivity contribution in [3.05, 3.63) is 50.4 Å². The predicted octanol–water partition coefficient (Wildman–Crippen LogP) is 5.52. The molecule has 0 radical (unpaired) electrons. The second kappa shape index (κ2) is 7.04. The van der Waals surface area contributed by atoms with E-state index in [2.05, 4.69) is 52.0 Å². The molecule has 0 N–H and O–H groups in total. The molecule has 0 saturated heterocycles. The Morgan fingerprint density at radius 1 is 1.12 bits per heavy atom. The van der Waals surface area contributed by atoms with Gasteiger partial charge in [-0.15, -0.1) is 21.5 Å². The van der Waals surface area contributed by atoms with Gasteiger partial charge in [-0.05, 0) is 67.2 Å². The molecule has 4 heterocycles. The van der Waals surface area contributed by atoms with Crippen molar-refractivity contribution in [2.75, 3.05) is 0 Å². The standard InChI is InChI=1S/C14H7Br2N5S3/c15-10-11(16)23-14(18-10)24-13-20-19-12(9-4-2-6-22-9)21(13)8-3-1-5-17-7-8/h1-7H. The van der Waals surface area contributed by atoms with E-state index in [-0.39, 0.29) is 0 Å². The summed E-state index contributed by atoms with van der Waals surface area (Å²) in [6.45, 7) is 0. The number of rotatable bonds is 4. The first kappa shape index (κ1) is 16.4. The molecule has 0 amide bonds. The molecule has 0 unspecified atom stereocenters. The molecule has 4 rings (SSSR count). The second-order valence-electron chi connectivity index (χ2n) is 4.48. The Morgan fingerprint density at radius 3 is 2.71 bits per heavy atom. The van der Waals surface area contributed by atoms with Gasteiger partial charge in [0.2, 0.25) is 5.16 Å². The van der Waals surface area contributed by atoms with E-state index in [1.54, 1.807) is 35.1 Å². The lowest BCUT2D eigenvalue weighted by Crippen LogP contribution is -1.99. The van der Waals surface area contributed by atoms with Crippen molar-refractivity contribution >= 4 is 66.3 Å². The van der Waals surface area contributed by atoms with E-state index in [0.717, 1.165) is 34.3 Å². The molecular formula is C14H7Br2N5S3. The van der Waals surface area contributed by atoms with E-state index in [1.807, 2.05) is 34.2 Å². The monoisotopic (exact) mass is 499 g/mol. The largest absolute Gasteiger partial charge is 0.267 e. The molecule has 5 nitrogen and oxygen atoms in total. The van der Waals surface area contributed by atoms with Crippen LogP contribution in [0.15, 0.2) is 59.9 Å². The van der Waals surface area contributed by atoms with Crippen LogP contribution in [0.4, 0.5) is 0 Å². The Kier molecular flexibility index (Phi) is 4.81. The highest BCUT2D eigenvalue weighted by atomic mass is 79.9. The van der Waals surface area contributed by atoms with E-state index in [1.165, 1.54) is 11.8 Å². The average Bonchev–Trinajstić information content (AvgIpc) is 3.30. The van der Waals surface area contributed by atoms with Crippen LogP contribution in [-0.4, -0.2) is 24.7 Å². The summed E-state index contributed by atoms with van der Waals surface area (Å²) in [4.78, 5) is 9.74. The molecule has 0 aliphatic heterocycles. The van der Waals surface area contributed by atoms with Crippen molar-refractivity contribution < 1.29 is 0 Å². The maximum atomic E-state index is 4.47. The van der Waals surface area contributed by atoms with Crippen LogP contribution in [-0.2, 0) is 0 Å². The van der Waals surface area contributed by atoms with Crippen molar-refractivity contribution in [1.29, 1.82) is 0 Å². The lowest BCUT2D eigenvalue weighted by atomic mass is 10.4. The summed E-state index contributed by atoms with van der Waals surface area (Å²) < 4.78 is 4.63. The number of hydrogen-bond donors (Lipinski definition) is 0. The Hall–Kier alpha value is -1.07. The SMILES string of the molecule is Brc1nc(Sc2nnc(-c3cccs3)n2-c2cccnc2)sc1Br. The molecule has 4 aromatic heterocycles. The molecule has 0 atom stereocenters. The van der Waals surface area contributed by atoms with Crippen LogP contribution in [0.5, 0.6) is 0 Å². The van der Waals surface area contributed by atoms with Crippen LogP contribution >= 0.6 is 66.3 Å². The van der Waals surface area contributed by atoms with E-state index in [4.69, 9.17) is 0 Å². The summed E-state index contributed by atoms with van der Waals surface area (Å²) in [6.07, 6.45) is 3.55. The third kappa shape index (κ3) is 3.21. The molecule has 4 aromatic rings. The minimum absolute atomic E-state index is 0.750. The molecule has 10 heteroatoms. The van der Waals surface area contributed by atoms with Crippen LogP contribution in [0.2, 0.25) is 0 Å². The summed E-state index contributed by atoms with van der Waals surface area (Å²) in [5.41, 5.74) is 0.920. The van der Waals surface area contributed by atoms with E-state index in [0.29, 0.717) is 0 Å². The maximum Gasteiger partial charge on any atom is 0.203 e. The molecule has 0 fully saturated rings. The number of thiophene rings is 1. The first-order chi connectivity index (χ1) is 11.7. The van der Waals surface area contributed by atoms with E-state index >= 15 is 0 Å². The molecule has 0 aliphatic rings. The lowest BCUT2D eigenvalue weighted by molar-refractivity contribution is 0.881. The van der Waals surface area contributed by atoms with Gasteiger partial charge in [-0.2, -0.15) is 0 Å². The summed E-state index contributed by atoms with van der Waals surface area (Å²) in [5.74, 6) is 0.801. The molecule has 0 aromatic carbocycles. The third-order valence-electron chi connectivity index (χ3n) is 2.99. The van der Waals surface area contributed by atoms with Gasteiger partial charge in [0.1, 0.15) is 8.39 Å². The van der Waals surface area contributed by atoms with Crippen LogP contribution in [0.25, 0.3) is 16.4 Å². The summed E-state index contributed by atoms with van der Waals surface area (Å²) in [7, 11) is 0. The highest BCUT2D eigenvalue weighted by Gasteiger charge is 2.19. The molecular weight excluding hydrogens is 494 g/mol. The zero-order chi connectivity index (χ0) is 16.5. The van der Waals surface area contributed by atoms with Gasteiger partial charge in [-0.1, -0.05) is 17.4 Å². The summed E-state index contributed by atoms with van der Waals surface area (Å²) >= 11 is 11.5. The lowest BCUT2D eigenvalue weighted by Gasteiger charge is -2.07. The minimum atomic E-state index is 0.750. The van der Waals surface area contributed by atoms with Crippen molar-refractivity contribution in [3.8, 4) is 16.4 Å². The molecule has 0 aliphatic carbocycles. The Labute approximate surface area is 166 Å². The van der Waals surface area contributed by atoms with Gasteiger partial charge in [0, 0.05) is 6.20 Å². The average molecular weight is 501 g/mol. The maximum absolute atomic E-state index is 4.47. The zero-order valence-electron chi connectivity index (χ0n) is 11.8. The van der Waals surface area contributed by atoms with Gasteiger partial charge < -0.3 is 0 Å². The molecule has 0 spiro atoms. The van der Waals surface area contributed by atoms with Crippen LogP contribution in [0.1, 0.15) is 0 Å². The number of thiazole rings is 1. The number of pyridine rings is 1. The Morgan fingerprint density at radius 2 is 2.04 bits per heavy atom. The predicted molar refractivity (Wildman–Crippen MR) is 104 cm³/mol. The van der Waals surface area contributed by atoms with Crippen molar-refractivity contribution in [3.63, 3.8) is 0 Å². The zero-order valence-corrected chi connectivity index (χ0v) is 17.4. The Balaban J connectivity index is 1.82.